The van der Waals surface area contributed by atoms with Gasteiger partial charge in [0.05, 0.1) is 6.04 Å². The number of carbonyl (C=O) groups excluding carboxylic acids is 1. The zero-order valence-corrected chi connectivity index (χ0v) is 9.65. The SMILES string of the molecule is Br.NC1CCc2cc(O)c(O)cc2C1=O. The summed E-state index contributed by atoms with van der Waals surface area (Å²) in [5, 5.41) is 18.5. The first-order valence-electron chi connectivity index (χ1n) is 4.44. The van der Waals surface area contributed by atoms with Crippen LogP contribution in [0.5, 0.6) is 11.5 Å². The van der Waals surface area contributed by atoms with Crippen molar-refractivity contribution in [1.82, 2.24) is 0 Å². The van der Waals surface area contributed by atoms with E-state index in [0.717, 1.165) is 5.56 Å². The third-order valence-electron chi connectivity index (χ3n) is 2.53. The Labute approximate surface area is 97.5 Å². The molecule has 0 heterocycles. The number of carbonyl (C=O) groups is 1. The third-order valence-corrected chi connectivity index (χ3v) is 2.53. The number of aryl methyl sites for hydroxylation is 1. The highest BCUT2D eigenvalue weighted by Gasteiger charge is 2.25. The van der Waals surface area contributed by atoms with Crippen LogP contribution in [0.3, 0.4) is 0 Å². The third kappa shape index (κ3) is 1.98. The van der Waals surface area contributed by atoms with Crippen LogP contribution >= 0.6 is 17.0 Å². The van der Waals surface area contributed by atoms with Crippen molar-refractivity contribution in [3.8, 4) is 11.5 Å². The second-order valence-corrected chi connectivity index (χ2v) is 3.51. The largest absolute Gasteiger partial charge is 0.504 e. The summed E-state index contributed by atoms with van der Waals surface area (Å²) in [6.07, 6.45) is 1.26. The van der Waals surface area contributed by atoms with E-state index in [2.05, 4.69) is 0 Å². The molecule has 4 nitrogen and oxygen atoms in total. The first kappa shape index (κ1) is 12.0. The molecule has 0 aliphatic heterocycles. The number of fused-ring (bicyclic) bond motifs is 1. The molecule has 0 bridgehead atoms. The second-order valence-electron chi connectivity index (χ2n) is 3.51. The van der Waals surface area contributed by atoms with E-state index in [9.17, 15) is 15.0 Å². The minimum Gasteiger partial charge on any atom is -0.504 e. The van der Waals surface area contributed by atoms with Crippen LogP contribution in [0.1, 0.15) is 22.3 Å². The van der Waals surface area contributed by atoms with Gasteiger partial charge in [-0.25, -0.2) is 0 Å². The van der Waals surface area contributed by atoms with Crippen LogP contribution in [0, 0.1) is 0 Å². The van der Waals surface area contributed by atoms with Crippen LogP contribution in [-0.2, 0) is 6.42 Å². The minimum atomic E-state index is -0.480. The van der Waals surface area contributed by atoms with Gasteiger partial charge in [0.25, 0.3) is 0 Å². The molecule has 1 aromatic rings. The average molecular weight is 274 g/mol. The van der Waals surface area contributed by atoms with E-state index in [1.165, 1.54) is 12.1 Å². The molecule has 0 saturated heterocycles. The molecule has 0 amide bonds. The molecule has 15 heavy (non-hydrogen) atoms. The number of rotatable bonds is 0. The lowest BCUT2D eigenvalue weighted by molar-refractivity contribution is 0.0948. The summed E-state index contributed by atoms with van der Waals surface area (Å²) in [6, 6.07) is 2.23. The van der Waals surface area contributed by atoms with E-state index in [0.29, 0.717) is 18.4 Å². The van der Waals surface area contributed by atoms with Crippen LogP contribution in [0.4, 0.5) is 0 Å². The molecule has 0 spiro atoms. The molecule has 1 unspecified atom stereocenters. The molecule has 1 aliphatic carbocycles. The van der Waals surface area contributed by atoms with Gasteiger partial charge in [-0.15, -0.1) is 17.0 Å². The lowest BCUT2D eigenvalue weighted by Crippen LogP contribution is -2.35. The van der Waals surface area contributed by atoms with Gasteiger partial charge in [-0.1, -0.05) is 0 Å². The molecule has 1 aromatic carbocycles. The molecular formula is C10H12BrNO3. The maximum absolute atomic E-state index is 11.6. The smallest absolute Gasteiger partial charge is 0.179 e. The zero-order valence-electron chi connectivity index (χ0n) is 7.93. The molecule has 0 fully saturated rings. The normalized spacial score (nSPS) is 19.3. The molecule has 2 rings (SSSR count). The van der Waals surface area contributed by atoms with Crippen molar-refractivity contribution in [1.29, 1.82) is 0 Å². The van der Waals surface area contributed by atoms with Crippen molar-refractivity contribution in [3.05, 3.63) is 23.3 Å². The molecule has 82 valence electrons. The Morgan fingerprint density at radius 2 is 1.87 bits per heavy atom. The predicted molar refractivity (Wildman–Crippen MR) is 60.7 cm³/mol. The Hall–Kier alpha value is -1.07. The van der Waals surface area contributed by atoms with Crippen LogP contribution in [0.2, 0.25) is 0 Å². The number of aromatic hydroxyl groups is 2. The van der Waals surface area contributed by atoms with Crippen LogP contribution < -0.4 is 5.73 Å². The number of hydrogen-bond acceptors (Lipinski definition) is 4. The molecule has 4 N–H and O–H groups in total. The van der Waals surface area contributed by atoms with E-state index in [4.69, 9.17) is 5.73 Å². The summed E-state index contributed by atoms with van der Waals surface area (Å²) in [7, 11) is 0. The zero-order chi connectivity index (χ0) is 10.3. The fourth-order valence-corrected chi connectivity index (χ4v) is 1.70. The molecular weight excluding hydrogens is 262 g/mol. The van der Waals surface area contributed by atoms with E-state index in [-0.39, 0.29) is 34.3 Å². The highest BCUT2D eigenvalue weighted by Crippen LogP contribution is 2.31. The van der Waals surface area contributed by atoms with Crippen LogP contribution in [0.15, 0.2) is 12.1 Å². The molecule has 1 aliphatic rings. The van der Waals surface area contributed by atoms with Crippen LogP contribution in [-0.4, -0.2) is 22.0 Å². The number of hydrogen-bond donors (Lipinski definition) is 3. The number of benzene rings is 1. The van der Waals surface area contributed by atoms with Crippen molar-refractivity contribution < 1.29 is 15.0 Å². The Balaban J connectivity index is 0.00000112. The second kappa shape index (κ2) is 4.20. The van der Waals surface area contributed by atoms with Gasteiger partial charge in [0.1, 0.15) is 0 Å². The van der Waals surface area contributed by atoms with E-state index in [1.807, 2.05) is 0 Å². The van der Waals surface area contributed by atoms with Gasteiger partial charge in [-0.2, -0.15) is 0 Å². The Morgan fingerprint density at radius 1 is 1.27 bits per heavy atom. The van der Waals surface area contributed by atoms with Crippen molar-refractivity contribution in [2.75, 3.05) is 0 Å². The lowest BCUT2D eigenvalue weighted by atomic mass is 9.87. The number of phenols is 2. The predicted octanol–water partition coefficient (Wildman–Crippen LogP) is 1.13. The molecule has 5 heteroatoms. The quantitative estimate of drug-likeness (QED) is 0.619. The summed E-state index contributed by atoms with van der Waals surface area (Å²) in [5.41, 5.74) is 6.77. The minimum absolute atomic E-state index is 0. The van der Waals surface area contributed by atoms with Crippen molar-refractivity contribution in [2.24, 2.45) is 5.73 Å². The average Bonchev–Trinajstić information content (AvgIpc) is 2.15. The molecule has 0 radical (unpaired) electrons. The maximum atomic E-state index is 11.6. The van der Waals surface area contributed by atoms with Gasteiger partial charge in [0, 0.05) is 5.56 Å². The monoisotopic (exact) mass is 273 g/mol. The maximum Gasteiger partial charge on any atom is 0.179 e. The van der Waals surface area contributed by atoms with E-state index in [1.54, 1.807) is 0 Å². The van der Waals surface area contributed by atoms with E-state index >= 15 is 0 Å². The standard InChI is InChI=1S/C10H11NO3.BrH/c11-7-2-1-5-3-8(12)9(13)4-6(5)10(7)14;/h3-4,7,12-13H,1-2,11H2;1H. The fraction of sp³-hybridized carbons (Fsp3) is 0.300. The van der Waals surface area contributed by atoms with Gasteiger partial charge < -0.3 is 15.9 Å². The van der Waals surface area contributed by atoms with Gasteiger partial charge >= 0.3 is 0 Å². The lowest BCUT2D eigenvalue weighted by Gasteiger charge is -2.20. The summed E-state index contributed by atoms with van der Waals surface area (Å²) >= 11 is 0. The highest BCUT2D eigenvalue weighted by molar-refractivity contribution is 8.93. The molecule has 1 atom stereocenters. The Bertz CT molecular complexity index is 406. The van der Waals surface area contributed by atoms with Crippen molar-refractivity contribution in [2.45, 2.75) is 18.9 Å². The fourth-order valence-electron chi connectivity index (χ4n) is 1.70. The summed E-state index contributed by atoms with van der Waals surface area (Å²) in [4.78, 5) is 11.6. The van der Waals surface area contributed by atoms with E-state index < -0.39 is 6.04 Å². The Kier molecular flexibility index (Phi) is 3.36. The summed E-state index contributed by atoms with van der Waals surface area (Å²) in [6.45, 7) is 0. The molecule has 0 saturated carbocycles. The highest BCUT2D eigenvalue weighted by atomic mass is 79.9. The topological polar surface area (TPSA) is 83.6 Å². The first-order valence-corrected chi connectivity index (χ1v) is 4.44. The number of phenolic OH excluding ortho intramolecular Hbond substituents is 2. The Morgan fingerprint density at radius 3 is 2.53 bits per heavy atom. The number of ketones is 1. The van der Waals surface area contributed by atoms with Gasteiger partial charge in [0.2, 0.25) is 0 Å². The summed E-state index contributed by atoms with van der Waals surface area (Å²) < 4.78 is 0. The van der Waals surface area contributed by atoms with Gasteiger partial charge in [0.15, 0.2) is 17.3 Å². The summed E-state index contributed by atoms with van der Waals surface area (Å²) in [5.74, 6) is -0.625. The van der Waals surface area contributed by atoms with Gasteiger partial charge in [-0.3, -0.25) is 4.79 Å². The number of halogens is 1. The molecule has 0 aromatic heterocycles. The number of Topliss-reactive ketones (excluding diaryl/α,β-unsaturated/α-hetero) is 1. The van der Waals surface area contributed by atoms with Crippen molar-refractivity contribution >= 4 is 22.8 Å². The number of nitrogens with two attached hydrogens (primary N) is 1. The van der Waals surface area contributed by atoms with Crippen LogP contribution in [0.25, 0.3) is 0 Å². The first-order chi connectivity index (χ1) is 6.59. The van der Waals surface area contributed by atoms with Gasteiger partial charge in [-0.05, 0) is 30.5 Å². The van der Waals surface area contributed by atoms with Crippen molar-refractivity contribution in [3.63, 3.8) is 0 Å².